The zero-order valence-electron chi connectivity index (χ0n) is 12.8. The number of nitrogens with zero attached hydrogens (tertiary/aromatic N) is 2. The molecule has 1 heterocycles. The summed E-state index contributed by atoms with van der Waals surface area (Å²) in [5.41, 5.74) is 3.06. The number of aromatic nitrogens is 2. The quantitative estimate of drug-likeness (QED) is 0.672. The third-order valence-electron chi connectivity index (χ3n) is 3.35. The van der Waals surface area contributed by atoms with E-state index in [9.17, 15) is 0 Å². The zero-order chi connectivity index (χ0) is 16.1. The van der Waals surface area contributed by atoms with Crippen LogP contribution in [-0.4, -0.2) is 9.97 Å². The summed E-state index contributed by atoms with van der Waals surface area (Å²) in [6.07, 6.45) is 0. The Labute approximate surface area is 144 Å². The minimum Gasteiger partial charge on any atom is -0.350 e. The van der Waals surface area contributed by atoms with Crippen LogP contribution in [0.1, 0.15) is 11.3 Å². The molecule has 0 atom stereocenters. The maximum atomic E-state index is 4.56. The van der Waals surface area contributed by atoms with Crippen molar-refractivity contribution < 1.29 is 0 Å². The Kier molecular flexibility index (Phi) is 4.88. The normalized spacial score (nSPS) is 10.3. The summed E-state index contributed by atoms with van der Waals surface area (Å²) in [6.45, 7) is 2.64. The van der Waals surface area contributed by atoms with Gasteiger partial charge in [0.05, 0.1) is 10.2 Å². The molecule has 0 spiro atoms. The van der Waals surface area contributed by atoms with E-state index in [1.165, 1.54) is 5.56 Å². The van der Waals surface area contributed by atoms with E-state index in [0.717, 1.165) is 21.7 Å². The third-order valence-corrected chi connectivity index (χ3v) is 4.30. The lowest BCUT2D eigenvalue weighted by Gasteiger charge is -2.12. The SMILES string of the molecule is Cc1nc(NCc2ccccc2)nc(Nc2ccccc2)c1Br. The molecule has 0 fully saturated rings. The monoisotopic (exact) mass is 368 g/mol. The molecule has 2 aromatic carbocycles. The first-order chi connectivity index (χ1) is 11.2. The molecule has 5 heteroatoms. The summed E-state index contributed by atoms with van der Waals surface area (Å²) >= 11 is 3.55. The number of halogens is 1. The molecule has 0 radical (unpaired) electrons. The van der Waals surface area contributed by atoms with Gasteiger partial charge in [0.15, 0.2) is 5.82 Å². The molecule has 2 N–H and O–H groups in total. The van der Waals surface area contributed by atoms with Crippen LogP contribution >= 0.6 is 15.9 Å². The van der Waals surface area contributed by atoms with Crippen molar-refractivity contribution >= 4 is 33.4 Å². The van der Waals surface area contributed by atoms with Crippen LogP contribution < -0.4 is 10.6 Å². The topological polar surface area (TPSA) is 49.8 Å². The first-order valence-corrected chi connectivity index (χ1v) is 8.15. The van der Waals surface area contributed by atoms with Gasteiger partial charge in [-0.1, -0.05) is 48.5 Å². The molecule has 0 aliphatic carbocycles. The van der Waals surface area contributed by atoms with Gasteiger partial charge in [-0.2, -0.15) is 4.98 Å². The van der Waals surface area contributed by atoms with Crippen LogP contribution in [0.5, 0.6) is 0 Å². The minimum atomic E-state index is 0.605. The van der Waals surface area contributed by atoms with Gasteiger partial charge in [-0.15, -0.1) is 0 Å². The second-order valence-electron chi connectivity index (χ2n) is 5.13. The first-order valence-electron chi connectivity index (χ1n) is 7.36. The molecular weight excluding hydrogens is 352 g/mol. The Balaban J connectivity index is 1.79. The van der Waals surface area contributed by atoms with Crippen LogP contribution in [0.15, 0.2) is 65.1 Å². The van der Waals surface area contributed by atoms with Crippen molar-refractivity contribution in [3.8, 4) is 0 Å². The van der Waals surface area contributed by atoms with Gasteiger partial charge >= 0.3 is 0 Å². The number of anilines is 3. The average molecular weight is 369 g/mol. The molecule has 0 aliphatic heterocycles. The molecule has 116 valence electrons. The lowest BCUT2D eigenvalue weighted by molar-refractivity contribution is 1.02. The standard InChI is InChI=1S/C18H17BrN4/c1-13-16(19)17(22-15-10-6-3-7-11-15)23-18(21-13)20-12-14-8-4-2-5-9-14/h2-11H,12H2,1H3,(H2,20,21,22,23). The number of hydrogen-bond acceptors (Lipinski definition) is 4. The minimum absolute atomic E-state index is 0.605. The van der Waals surface area contributed by atoms with E-state index in [0.29, 0.717) is 12.5 Å². The number of aryl methyl sites for hydroxylation is 1. The predicted octanol–water partition coefficient (Wildman–Crippen LogP) is 4.90. The van der Waals surface area contributed by atoms with E-state index >= 15 is 0 Å². The van der Waals surface area contributed by atoms with Gasteiger partial charge in [-0.05, 0) is 40.5 Å². The number of rotatable bonds is 5. The summed E-state index contributed by atoms with van der Waals surface area (Å²) in [4.78, 5) is 9.04. The molecule has 0 unspecified atom stereocenters. The summed E-state index contributed by atoms with van der Waals surface area (Å²) in [6, 6.07) is 20.1. The molecule has 23 heavy (non-hydrogen) atoms. The highest BCUT2D eigenvalue weighted by Gasteiger charge is 2.09. The molecule has 0 saturated heterocycles. The van der Waals surface area contributed by atoms with Crippen LogP contribution in [-0.2, 0) is 6.54 Å². The van der Waals surface area contributed by atoms with E-state index in [4.69, 9.17) is 0 Å². The summed E-state index contributed by atoms with van der Waals surface area (Å²) in [7, 11) is 0. The van der Waals surface area contributed by atoms with E-state index < -0.39 is 0 Å². The highest BCUT2D eigenvalue weighted by atomic mass is 79.9. The number of nitrogens with one attached hydrogen (secondary N) is 2. The molecule has 1 aromatic heterocycles. The number of hydrogen-bond donors (Lipinski definition) is 2. The largest absolute Gasteiger partial charge is 0.350 e. The van der Waals surface area contributed by atoms with Crippen molar-refractivity contribution in [2.24, 2.45) is 0 Å². The molecule has 0 bridgehead atoms. The van der Waals surface area contributed by atoms with E-state index in [1.54, 1.807) is 0 Å². The van der Waals surface area contributed by atoms with Gasteiger partial charge in [0.2, 0.25) is 5.95 Å². The van der Waals surface area contributed by atoms with Crippen molar-refractivity contribution in [1.29, 1.82) is 0 Å². The first kappa shape index (κ1) is 15.5. The smallest absolute Gasteiger partial charge is 0.225 e. The molecule has 0 amide bonds. The van der Waals surface area contributed by atoms with Gasteiger partial charge in [-0.3, -0.25) is 0 Å². The molecule has 0 aliphatic rings. The Morgan fingerprint density at radius 1 is 0.913 bits per heavy atom. The molecule has 0 saturated carbocycles. The summed E-state index contributed by atoms with van der Waals surface area (Å²) in [5.74, 6) is 1.35. The second-order valence-corrected chi connectivity index (χ2v) is 5.92. The fourth-order valence-electron chi connectivity index (χ4n) is 2.16. The van der Waals surface area contributed by atoms with Crippen LogP contribution in [0.2, 0.25) is 0 Å². The Morgan fingerprint density at radius 2 is 1.57 bits per heavy atom. The summed E-state index contributed by atoms with van der Waals surface area (Å²) < 4.78 is 0.867. The molecule has 3 rings (SSSR count). The maximum absolute atomic E-state index is 4.56. The highest BCUT2D eigenvalue weighted by Crippen LogP contribution is 2.27. The van der Waals surface area contributed by atoms with Crippen LogP contribution in [0, 0.1) is 6.92 Å². The van der Waals surface area contributed by atoms with Crippen LogP contribution in [0.3, 0.4) is 0 Å². The van der Waals surface area contributed by atoms with Gasteiger partial charge < -0.3 is 10.6 Å². The molecular formula is C18H17BrN4. The van der Waals surface area contributed by atoms with Crippen molar-refractivity contribution in [3.63, 3.8) is 0 Å². The van der Waals surface area contributed by atoms with E-state index in [-0.39, 0.29) is 0 Å². The Bertz CT molecular complexity index is 776. The number of para-hydroxylation sites is 1. The van der Waals surface area contributed by atoms with Crippen molar-refractivity contribution in [2.45, 2.75) is 13.5 Å². The van der Waals surface area contributed by atoms with Crippen molar-refractivity contribution in [2.75, 3.05) is 10.6 Å². The van der Waals surface area contributed by atoms with Gasteiger partial charge in [0, 0.05) is 12.2 Å². The van der Waals surface area contributed by atoms with Crippen molar-refractivity contribution in [1.82, 2.24) is 9.97 Å². The average Bonchev–Trinajstić information content (AvgIpc) is 2.59. The molecule has 4 nitrogen and oxygen atoms in total. The molecule has 3 aromatic rings. The fraction of sp³-hybridized carbons (Fsp3) is 0.111. The van der Waals surface area contributed by atoms with Crippen molar-refractivity contribution in [3.05, 3.63) is 76.4 Å². The Morgan fingerprint density at radius 3 is 2.26 bits per heavy atom. The maximum Gasteiger partial charge on any atom is 0.225 e. The van der Waals surface area contributed by atoms with Gasteiger partial charge in [0.1, 0.15) is 0 Å². The lowest BCUT2D eigenvalue weighted by atomic mass is 10.2. The lowest BCUT2D eigenvalue weighted by Crippen LogP contribution is -2.07. The van der Waals surface area contributed by atoms with Gasteiger partial charge in [-0.25, -0.2) is 4.98 Å². The van der Waals surface area contributed by atoms with Crippen LogP contribution in [0.4, 0.5) is 17.5 Å². The van der Waals surface area contributed by atoms with E-state index in [1.807, 2.05) is 55.5 Å². The summed E-state index contributed by atoms with van der Waals surface area (Å²) in [5, 5.41) is 6.59. The zero-order valence-corrected chi connectivity index (χ0v) is 14.3. The third kappa shape index (κ3) is 4.07. The second kappa shape index (κ2) is 7.24. The number of benzene rings is 2. The van der Waals surface area contributed by atoms with Crippen LogP contribution in [0.25, 0.3) is 0 Å². The fourth-order valence-corrected chi connectivity index (χ4v) is 2.43. The van der Waals surface area contributed by atoms with E-state index in [2.05, 4.69) is 48.7 Å². The Hall–Kier alpha value is -2.40. The predicted molar refractivity (Wildman–Crippen MR) is 98.0 cm³/mol. The van der Waals surface area contributed by atoms with Gasteiger partial charge in [0.25, 0.3) is 0 Å². The highest BCUT2D eigenvalue weighted by molar-refractivity contribution is 9.10.